The van der Waals surface area contributed by atoms with E-state index in [0.29, 0.717) is 12.1 Å². The Balaban J connectivity index is 1.77. The molecule has 0 aliphatic carbocycles. The molecule has 1 aliphatic heterocycles. The fourth-order valence-corrected chi connectivity index (χ4v) is 5.20. The van der Waals surface area contributed by atoms with Gasteiger partial charge in [-0.3, -0.25) is 14.4 Å². The van der Waals surface area contributed by atoms with Crippen LogP contribution in [-0.2, 0) is 20.8 Å². The Morgan fingerprint density at radius 1 is 1.22 bits per heavy atom. The molecular weight excluding hydrogens is 498 g/mol. The van der Waals surface area contributed by atoms with E-state index in [9.17, 15) is 19.2 Å². The lowest BCUT2D eigenvalue weighted by Gasteiger charge is -2.28. The molecule has 1 saturated heterocycles. The number of carbonyl (C=O) groups is 4. The Morgan fingerprint density at radius 2 is 2.00 bits per heavy atom. The zero-order chi connectivity index (χ0) is 26.2. The maximum atomic E-state index is 13.4. The SMILES string of the molecule is CSc1cccc(NC(=O)N[C@H]2CCN(C(=O)C=C(C)C)[C@@H]2C(=O)N[C@@H](Cc2cccs2)C(N)=O)c1. The number of carbonyl (C=O) groups excluding carboxylic acids is 4. The summed E-state index contributed by atoms with van der Waals surface area (Å²) in [6.07, 6.45) is 4.02. The van der Waals surface area contributed by atoms with Gasteiger partial charge in [-0.25, -0.2) is 4.79 Å². The Bertz CT molecular complexity index is 1130. The topological polar surface area (TPSA) is 134 Å². The molecule has 3 rings (SSSR count). The van der Waals surface area contributed by atoms with Crippen LogP contribution >= 0.6 is 23.1 Å². The molecule has 0 spiro atoms. The van der Waals surface area contributed by atoms with Gasteiger partial charge in [-0.15, -0.1) is 23.1 Å². The van der Waals surface area contributed by atoms with Gasteiger partial charge in [-0.05, 0) is 56.2 Å². The van der Waals surface area contributed by atoms with E-state index in [1.54, 1.807) is 31.7 Å². The van der Waals surface area contributed by atoms with Crippen LogP contribution in [0.25, 0.3) is 0 Å². The molecule has 0 bridgehead atoms. The first-order chi connectivity index (χ1) is 17.2. The molecule has 1 aromatic carbocycles. The largest absolute Gasteiger partial charge is 0.368 e. The molecule has 9 nitrogen and oxygen atoms in total. The molecule has 2 heterocycles. The van der Waals surface area contributed by atoms with Gasteiger partial charge in [0.25, 0.3) is 0 Å². The third-order valence-electron chi connectivity index (χ3n) is 5.65. The molecule has 1 aromatic heterocycles. The molecule has 5 amide bonds. The molecule has 0 unspecified atom stereocenters. The molecule has 0 saturated carbocycles. The molecular formula is C25H31N5O4S2. The number of hydrogen-bond acceptors (Lipinski definition) is 6. The monoisotopic (exact) mass is 529 g/mol. The van der Waals surface area contributed by atoms with Crippen molar-refractivity contribution in [2.24, 2.45) is 5.73 Å². The van der Waals surface area contributed by atoms with Crippen molar-refractivity contribution in [1.29, 1.82) is 0 Å². The van der Waals surface area contributed by atoms with Crippen LogP contribution in [0.5, 0.6) is 0 Å². The van der Waals surface area contributed by atoms with E-state index in [1.807, 2.05) is 42.0 Å². The van der Waals surface area contributed by atoms with Gasteiger partial charge >= 0.3 is 6.03 Å². The van der Waals surface area contributed by atoms with E-state index in [4.69, 9.17) is 5.73 Å². The fourth-order valence-electron chi connectivity index (χ4n) is 3.99. The van der Waals surface area contributed by atoms with Gasteiger partial charge in [-0.1, -0.05) is 17.7 Å². The Labute approximate surface area is 218 Å². The van der Waals surface area contributed by atoms with Crippen molar-refractivity contribution in [3.05, 3.63) is 58.3 Å². The third kappa shape index (κ3) is 7.34. The molecule has 1 fully saturated rings. The van der Waals surface area contributed by atoms with Crippen molar-refractivity contribution in [3.8, 4) is 0 Å². The average molecular weight is 530 g/mol. The summed E-state index contributed by atoms with van der Waals surface area (Å²) >= 11 is 3.01. The van der Waals surface area contributed by atoms with Crippen molar-refractivity contribution in [3.63, 3.8) is 0 Å². The van der Waals surface area contributed by atoms with Crippen LogP contribution in [-0.4, -0.2) is 59.6 Å². The number of hydrogen-bond donors (Lipinski definition) is 4. The zero-order valence-corrected chi connectivity index (χ0v) is 22.1. The van der Waals surface area contributed by atoms with E-state index in [-0.39, 0.29) is 18.9 Å². The van der Waals surface area contributed by atoms with Gasteiger partial charge in [0, 0.05) is 34.5 Å². The summed E-state index contributed by atoms with van der Waals surface area (Å²) in [6.45, 7) is 3.86. The molecule has 36 heavy (non-hydrogen) atoms. The smallest absolute Gasteiger partial charge is 0.319 e. The Hall–Kier alpha value is -3.31. The van der Waals surface area contributed by atoms with Gasteiger partial charge in [0.05, 0.1) is 6.04 Å². The number of nitrogens with one attached hydrogen (secondary N) is 3. The summed E-state index contributed by atoms with van der Waals surface area (Å²) in [7, 11) is 0. The number of anilines is 1. The lowest BCUT2D eigenvalue weighted by atomic mass is 10.1. The second-order valence-corrected chi connectivity index (χ2v) is 10.6. The minimum Gasteiger partial charge on any atom is -0.368 e. The maximum absolute atomic E-state index is 13.4. The zero-order valence-electron chi connectivity index (χ0n) is 20.4. The number of benzene rings is 1. The first-order valence-corrected chi connectivity index (χ1v) is 13.6. The van der Waals surface area contributed by atoms with Gasteiger partial charge in [0.15, 0.2) is 0 Å². The number of nitrogens with two attached hydrogens (primary N) is 1. The third-order valence-corrected chi connectivity index (χ3v) is 7.28. The summed E-state index contributed by atoms with van der Waals surface area (Å²) in [5.74, 6) is -1.55. The normalized spacial score (nSPS) is 17.7. The van der Waals surface area contributed by atoms with Gasteiger partial charge < -0.3 is 26.6 Å². The average Bonchev–Trinajstić information content (AvgIpc) is 3.48. The van der Waals surface area contributed by atoms with Crippen LogP contribution in [0.2, 0.25) is 0 Å². The molecule has 1 aliphatic rings. The number of urea groups is 1. The highest BCUT2D eigenvalue weighted by atomic mass is 32.2. The summed E-state index contributed by atoms with van der Waals surface area (Å²) in [5, 5.41) is 10.2. The molecule has 2 aromatic rings. The van der Waals surface area contributed by atoms with Crippen LogP contribution in [0.15, 0.2) is 58.3 Å². The predicted octanol–water partition coefficient (Wildman–Crippen LogP) is 2.74. The highest BCUT2D eigenvalue weighted by Gasteiger charge is 2.43. The first kappa shape index (κ1) is 27.3. The van der Waals surface area contributed by atoms with E-state index >= 15 is 0 Å². The van der Waals surface area contributed by atoms with Gasteiger partial charge in [0.2, 0.25) is 17.7 Å². The van der Waals surface area contributed by atoms with Gasteiger partial charge in [0.1, 0.15) is 12.1 Å². The number of rotatable bonds is 9. The highest BCUT2D eigenvalue weighted by molar-refractivity contribution is 7.98. The molecule has 11 heteroatoms. The minimum absolute atomic E-state index is 0.248. The number of thioether (sulfide) groups is 1. The summed E-state index contributed by atoms with van der Waals surface area (Å²) in [6, 6.07) is 8.00. The van der Waals surface area contributed by atoms with Crippen molar-refractivity contribution in [2.75, 3.05) is 18.1 Å². The Morgan fingerprint density at radius 3 is 2.64 bits per heavy atom. The molecule has 5 N–H and O–H groups in total. The van der Waals surface area contributed by atoms with Crippen LogP contribution < -0.4 is 21.7 Å². The number of nitrogens with zero attached hydrogens (tertiary/aromatic N) is 1. The number of allylic oxidation sites excluding steroid dienone is 1. The number of thiophene rings is 1. The lowest BCUT2D eigenvalue weighted by Crippen LogP contribution is -2.58. The minimum atomic E-state index is -0.999. The van der Waals surface area contributed by atoms with E-state index in [0.717, 1.165) is 15.3 Å². The molecule has 192 valence electrons. The second kappa shape index (κ2) is 12.6. The summed E-state index contributed by atoms with van der Waals surface area (Å²) in [4.78, 5) is 54.5. The standard InChI is InChI=1S/C25H31N5O4S2/c1-15(2)12-21(31)30-10-9-19(29-25(34)27-16-6-4-7-17(13-16)35-3)22(30)24(33)28-20(23(26)32)14-18-8-5-11-36-18/h4-8,11-13,19-20,22H,9-10,14H2,1-3H3,(H2,26,32)(H,28,33)(H2,27,29,34)/t19-,20-,22-/m0/s1. The van der Waals surface area contributed by atoms with E-state index in [2.05, 4.69) is 16.0 Å². The van der Waals surface area contributed by atoms with Crippen molar-refractivity contribution < 1.29 is 19.2 Å². The van der Waals surface area contributed by atoms with Crippen LogP contribution in [0.3, 0.4) is 0 Å². The van der Waals surface area contributed by atoms with Crippen LogP contribution in [0.4, 0.5) is 10.5 Å². The van der Waals surface area contributed by atoms with E-state index in [1.165, 1.54) is 22.3 Å². The molecule has 0 radical (unpaired) electrons. The van der Waals surface area contributed by atoms with Crippen LogP contribution in [0, 0.1) is 0 Å². The van der Waals surface area contributed by atoms with E-state index < -0.39 is 36.0 Å². The van der Waals surface area contributed by atoms with Crippen molar-refractivity contribution in [1.82, 2.24) is 15.5 Å². The van der Waals surface area contributed by atoms with Crippen molar-refractivity contribution in [2.45, 2.75) is 49.7 Å². The van der Waals surface area contributed by atoms with Crippen LogP contribution in [0.1, 0.15) is 25.1 Å². The summed E-state index contributed by atoms with van der Waals surface area (Å²) < 4.78 is 0. The quantitative estimate of drug-likeness (QED) is 0.293. The molecule has 3 atom stereocenters. The second-order valence-electron chi connectivity index (χ2n) is 8.67. The fraction of sp³-hybridized carbons (Fsp3) is 0.360. The first-order valence-electron chi connectivity index (χ1n) is 11.5. The highest BCUT2D eigenvalue weighted by Crippen LogP contribution is 2.22. The summed E-state index contributed by atoms with van der Waals surface area (Å²) in [5.41, 5.74) is 6.96. The predicted molar refractivity (Wildman–Crippen MR) is 143 cm³/mol. The Kier molecular flexibility index (Phi) is 9.54. The van der Waals surface area contributed by atoms with Gasteiger partial charge in [-0.2, -0.15) is 0 Å². The number of amides is 5. The van der Waals surface area contributed by atoms with Crippen molar-refractivity contribution >= 4 is 52.5 Å². The lowest BCUT2D eigenvalue weighted by molar-refractivity contribution is -0.136. The number of primary amides is 1. The number of likely N-dealkylation sites (tertiary alicyclic amines) is 1. The maximum Gasteiger partial charge on any atom is 0.319 e.